The third-order valence-electron chi connectivity index (χ3n) is 4.33. The number of hydrogen-bond donors (Lipinski definition) is 0. The predicted octanol–water partition coefficient (Wildman–Crippen LogP) is 3.63. The summed E-state index contributed by atoms with van der Waals surface area (Å²) in [5.41, 5.74) is 1.62. The molecule has 0 spiro atoms. The number of hydrogen-bond acceptors (Lipinski definition) is 5. The lowest BCUT2D eigenvalue weighted by atomic mass is 10.1. The maximum atomic E-state index is 12.5. The summed E-state index contributed by atoms with van der Waals surface area (Å²) in [7, 11) is 4.81. The summed E-state index contributed by atoms with van der Waals surface area (Å²) in [6, 6.07) is 8.56. The molecule has 142 valence electrons. The summed E-state index contributed by atoms with van der Waals surface area (Å²) < 4.78 is 10.5. The molecule has 2 aromatic carbocycles. The number of halogens is 2. The Labute approximate surface area is 167 Å². The molecule has 1 amide bonds. The quantitative estimate of drug-likeness (QED) is 0.682. The van der Waals surface area contributed by atoms with E-state index in [9.17, 15) is 9.59 Å². The molecular formula is C19H18Cl2N2O4. The standard InChI is InChI=1S/C19H18Cl2N2O4/c1-22(9-11-5-4-6-13(20)17(11)21)10-23-14-8-16(27-3)15(26-2)7-12(14)18(24)19(23)25/h4-8H,9-10H2,1-3H3. The van der Waals surface area contributed by atoms with Crippen molar-refractivity contribution in [3.63, 3.8) is 0 Å². The SMILES string of the molecule is COc1cc2c(cc1OC)N(CN(C)Cc1cccc(Cl)c1Cl)C(=O)C2=O. The zero-order valence-corrected chi connectivity index (χ0v) is 16.6. The second-order valence-electron chi connectivity index (χ2n) is 6.16. The highest BCUT2D eigenvalue weighted by atomic mass is 35.5. The average Bonchev–Trinajstić information content (AvgIpc) is 2.88. The number of benzene rings is 2. The number of ether oxygens (including phenoxy) is 2. The predicted molar refractivity (Wildman–Crippen MR) is 104 cm³/mol. The molecule has 0 bridgehead atoms. The van der Waals surface area contributed by atoms with Crippen LogP contribution < -0.4 is 14.4 Å². The van der Waals surface area contributed by atoms with E-state index in [1.807, 2.05) is 24.1 Å². The van der Waals surface area contributed by atoms with E-state index in [2.05, 4.69) is 0 Å². The van der Waals surface area contributed by atoms with E-state index in [1.165, 1.54) is 25.2 Å². The minimum atomic E-state index is -0.593. The number of rotatable bonds is 6. The van der Waals surface area contributed by atoms with Crippen molar-refractivity contribution in [2.75, 3.05) is 32.8 Å². The molecule has 0 fully saturated rings. The Balaban J connectivity index is 1.86. The van der Waals surface area contributed by atoms with Crippen LogP contribution >= 0.6 is 23.2 Å². The highest BCUT2D eigenvalue weighted by molar-refractivity contribution is 6.52. The zero-order chi connectivity index (χ0) is 19.7. The molecule has 0 unspecified atom stereocenters. The van der Waals surface area contributed by atoms with Crippen molar-refractivity contribution in [1.29, 1.82) is 0 Å². The molecule has 0 saturated heterocycles. The summed E-state index contributed by atoms with van der Waals surface area (Å²) >= 11 is 12.3. The first-order valence-corrected chi connectivity index (χ1v) is 8.86. The lowest BCUT2D eigenvalue weighted by Crippen LogP contribution is -2.39. The fourth-order valence-corrected chi connectivity index (χ4v) is 3.39. The molecule has 1 aliphatic rings. The Hall–Kier alpha value is -2.28. The van der Waals surface area contributed by atoms with Crippen LogP contribution in [0.1, 0.15) is 15.9 Å². The van der Waals surface area contributed by atoms with Crippen LogP contribution in [-0.4, -0.2) is 44.5 Å². The van der Waals surface area contributed by atoms with Gasteiger partial charge in [-0.2, -0.15) is 0 Å². The van der Waals surface area contributed by atoms with Gasteiger partial charge in [-0.15, -0.1) is 0 Å². The third kappa shape index (κ3) is 3.60. The van der Waals surface area contributed by atoms with Crippen LogP contribution in [0.15, 0.2) is 30.3 Å². The number of carbonyl (C=O) groups excluding carboxylic acids is 2. The summed E-state index contributed by atoms with van der Waals surface area (Å²) in [5, 5.41) is 0.943. The van der Waals surface area contributed by atoms with E-state index in [-0.39, 0.29) is 6.67 Å². The fourth-order valence-electron chi connectivity index (χ4n) is 3.01. The van der Waals surface area contributed by atoms with E-state index >= 15 is 0 Å². The number of anilines is 1. The maximum Gasteiger partial charge on any atom is 0.300 e. The van der Waals surface area contributed by atoms with Gasteiger partial charge in [-0.05, 0) is 24.7 Å². The summed E-state index contributed by atoms with van der Waals surface area (Å²) in [6.45, 7) is 0.663. The Morgan fingerprint density at radius 2 is 1.74 bits per heavy atom. The Bertz CT molecular complexity index is 917. The van der Waals surface area contributed by atoms with E-state index < -0.39 is 11.7 Å². The van der Waals surface area contributed by atoms with Crippen LogP contribution in [0.25, 0.3) is 0 Å². The van der Waals surface area contributed by atoms with Gasteiger partial charge in [-0.1, -0.05) is 35.3 Å². The summed E-state index contributed by atoms with van der Waals surface area (Å²) in [5.74, 6) is -0.313. The Morgan fingerprint density at radius 3 is 2.41 bits per heavy atom. The number of fused-ring (bicyclic) bond motifs is 1. The van der Waals surface area contributed by atoms with Crippen molar-refractivity contribution in [3.05, 3.63) is 51.5 Å². The average molecular weight is 409 g/mol. The third-order valence-corrected chi connectivity index (χ3v) is 5.19. The molecule has 0 saturated carbocycles. The molecule has 0 atom stereocenters. The minimum absolute atomic E-state index is 0.204. The first kappa shape index (κ1) is 19.5. The van der Waals surface area contributed by atoms with E-state index in [4.69, 9.17) is 32.7 Å². The molecule has 0 aliphatic carbocycles. The molecule has 0 radical (unpaired) electrons. The Kier molecular flexibility index (Phi) is 5.60. The fraction of sp³-hybridized carbons (Fsp3) is 0.263. The first-order chi connectivity index (χ1) is 12.9. The number of amides is 1. The van der Waals surface area contributed by atoms with Gasteiger partial charge in [0.05, 0.1) is 42.2 Å². The van der Waals surface area contributed by atoms with Crippen molar-refractivity contribution in [2.45, 2.75) is 6.54 Å². The first-order valence-electron chi connectivity index (χ1n) is 8.11. The van der Waals surface area contributed by atoms with E-state index in [0.717, 1.165) is 5.56 Å². The van der Waals surface area contributed by atoms with Crippen molar-refractivity contribution < 1.29 is 19.1 Å². The lowest BCUT2D eigenvalue weighted by Gasteiger charge is -2.25. The Morgan fingerprint density at radius 1 is 1.07 bits per heavy atom. The second-order valence-corrected chi connectivity index (χ2v) is 6.94. The molecular weight excluding hydrogens is 391 g/mol. The van der Waals surface area contributed by atoms with Crippen LogP contribution in [-0.2, 0) is 11.3 Å². The lowest BCUT2D eigenvalue weighted by molar-refractivity contribution is -0.114. The molecule has 1 heterocycles. The second kappa shape index (κ2) is 7.76. The monoisotopic (exact) mass is 408 g/mol. The topological polar surface area (TPSA) is 59.1 Å². The van der Waals surface area contributed by atoms with Crippen LogP contribution in [0.2, 0.25) is 10.0 Å². The highest BCUT2D eigenvalue weighted by Gasteiger charge is 2.37. The molecule has 6 nitrogen and oxygen atoms in total. The molecule has 3 rings (SSSR count). The summed E-state index contributed by atoms with van der Waals surface area (Å²) in [6.07, 6.45) is 0. The van der Waals surface area contributed by atoms with Crippen molar-refractivity contribution >= 4 is 40.6 Å². The van der Waals surface area contributed by atoms with Gasteiger partial charge in [0, 0.05) is 12.6 Å². The number of ketones is 1. The molecule has 27 heavy (non-hydrogen) atoms. The largest absolute Gasteiger partial charge is 0.493 e. The number of nitrogens with zero attached hydrogens (tertiary/aromatic N) is 2. The maximum absolute atomic E-state index is 12.5. The van der Waals surface area contributed by atoms with Crippen LogP contribution in [0.5, 0.6) is 11.5 Å². The molecule has 0 aromatic heterocycles. The van der Waals surface area contributed by atoms with Gasteiger partial charge in [0.1, 0.15) is 0 Å². The van der Waals surface area contributed by atoms with E-state index in [1.54, 1.807) is 12.1 Å². The smallest absolute Gasteiger partial charge is 0.300 e. The van der Waals surface area contributed by atoms with Gasteiger partial charge in [-0.25, -0.2) is 0 Å². The molecule has 1 aliphatic heterocycles. The van der Waals surface area contributed by atoms with Gasteiger partial charge in [-0.3, -0.25) is 19.4 Å². The van der Waals surface area contributed by atoms with Crippen LogP contribution in [0.4, 0.5) is 5.69 Å². The molecule has 2 aromatic rings. The number of Topliss-reactive ketones (excluding diaryl/α,β-unsaturated/α-hetero) is 1. The highest BCUT2D eigenvalue weighted by Crippen LogP contribution is 2.39. The minimum Gasteiger partial charge on any atom is -0.493 e. The van der Waals surface area contributed by atoms with Gasteiger partial charge in [0.15, 0.2) is 11.5 Å². The van der Waals surface area contributed by atoms with Crippen LogP contribution in [0, 0.1) is 0 Å². The number of methoxy groups -OCH3 is 2. The van der Waals surface area contributed by atoms with Gasteiger partial charge < -0.3 is 9.47 Å². The molecule has 0 N–H and O–H groups in total. The zero-order valence-electron chi connectivity index (χ0n) is 15.1. The van der Waals surface area contributed by atoms with E-state index in [0.29, 0.717) is 39.3 Å². The van der Waals surface area contributed by atoms with Crippen molar-refractivity contribution in [2.24, 2.45) is 0 Å². The summed E-state index contributed by atoms with van der Waals surface area (Å²) in [4.78, 5) is 28.1. The van der Waals surface area contributed by atoms with Gasteiger partial charge >= 0.3 is 5.91 Å². The van der Waals surface area contributed by atoms with Gasteiger partial charge in [0.25, 0.3) is 5.78 Å². The van der Waals surface area contributed by atoms with Crippen molar-refractivity contribution in [1.82, 2.24) is 4.90 Å². The molecule has 8 heteroatoms. The van der Waals surface area contributed by atoms with Crippen molar-refractivity contribution in [3.8, 4) is 11.5 Å². The normalized spacial score (nSPS) is 13.3. The van der Waals surface area contributed by atoms with Crippen LogP contribution in [0.3, 0.4) is 0 Å². The van der Waals surface area contributed by atoms with Gasteiger partial charge in [0.2, 0.25) is 0 Å². The number of carbonyl (C=O) groups is 2.